The van der Waals surface area contributed by atoms with Crippen LogP contribution in [0.1, 0.15) is 5.56 Å². The number of hydrogen-bond donors (Lipinski definition) is 0. The second kappa shape index (κ2) is 11.0. The molecule has 9 rings (SSSR count). The van der Waals surface area contributed by atoms with Gasteiger partial charge in [0.15, 0.2) is 5.82 Å². The summed E-state index contributed by atoms with van der Waals surface area (Å²) >= 11 is 0. The Bertz CT molecular complexity index is 2550. The molecule has 0 saturated carbocycles. The van der Waals surface area contributed by atoms with Crippen LogP contribution in [0.5, 0.6) is 0 Å². The molecule has 0 aliphatic rings. The Kier molecular flexibility index (Phi) is 6.36. The van der Waals surface area contributed by atoms with Gasteiger partial charge >= 0.3 is 0 Å². The van der Waals surface area contributed by atoms with Crippen LogP contribution in [-0.4, -0.2) is 15.0 Å². The van der Waals surface area contributed by atoms with Gasteiger partial charge in [0.2, 0.25) is 0 Å². The van der Waals surface area contributed by atoms with Crippen molar-refractivity contribution in [1.29, 1.82) is 0 Å². The average Bonchev–Trinajstić information content (AvgIpc) is 3.14. The lowest BCUT2D eigenvalue weighted by atomic mass is 9.89. The number of hydrogen-bond acceptors (Lipinski definition) is 3. The summed E-state index contributed by atoms with van der Waals surface area (Å²) in [4.78, 5) is 14.7. The van der Waals surface area contributed by atoms with Gasteiger partial charge in [-0.25, -0.2) is 9.97 Å². The number of pyridine rings is 1. The van der Waals surface area contributed by atoms with E-state index in [2.05, 4.69) is 145 Å². The molecule has 2 heterocycles. The first-order chi connectivity index (χ1) is 23.2. The van der Waals surface area contributed by atoms with Gasteiger partial charge < -0.3 is 0 Å². The van der Waals surface area contributed by atoms with Gasteiger partial charge in [-0.15, -0.1) is 0 Å². The van der Waals surface area contributed by atoms with Gasteiger partial charge in [-0.2, -0.15) is 0 Å². The third-order valence-corrected chi connectivity index (χ3v) is 9.31. The van der Waals surface area contributed by atoms with Crippen molar-refractivity contribution >= 4 is 32.3 Å². The quantitative estimate of drug-likeness (QED) is 0.185. The first kappa shape index (κ1) is 27.1. The van der Waals surface area contributed by atoms with Crippen molar-refractivity contribution in [2.45, 2.75) is 6.92 Å². The molecule has 0 N–H and O–H groups in total. The second-order valence-corrected chi connectivity index (χ2v) is 12.1. The highest BCUT2D eigenvalue weighted by Crippen LogP contribution is 2.40. The van der Waals surface area contributed by atoms with Crippen LogP contribution < -0.4 is 0 Å². The summed E-state index contributed by atoms with van der Waals surface area (Å²) in [6.07, 6.45) is 3.69. The van der Waals surface area contributed by atoms with Crippen LogP contribution in [0.3, 0.4) is 0 Å². The molecule has 0 fully saturated rings. The van der Waals surface area contributed by atoms with Crippen LogP contribution in [0.25, 0.3) is 88.5 Å². The molecule has 220 valence electrons. The molecule has 0 aliphatic carbocycles. The maximum Gasteiger partial charge on any atom is 0.161 e. The number of benzene rings is 7. The highest BCUT2D eigenvalue weighted by atomic mass is 14.9. The highest BCUT2D eigenvalue weighted by molar-refractivity contribution is 6.25. The van der Waals surface area contributed by atoms with Crippen molar-refractivity contribution in [2.24, 2.45) is 0 Å². The molecular weight excluding hydrogens is 571 g/mol. The average molecular weight is 600 g/mol. The van der Waals surface area contributed by atoms with E-state index >= 15 is 0 Å². The van der Waals surface area contributed by atoms with Crippen molar-refractivity contribution in [3.8, 4) is 56.2 Å². The Morgan fingerprint density at radius 2 is 1.09 bits per heavy atom. The molecule has 0 bridgehead atoms. The van der Waals surface area contributed by atoms with Gasteiger partial charge in [0, 0.05) is 34.6 Å². The van der Waals surface area contributed by atoms with E-state index in [0.717, 1.165) is 39.2 Å². The molecule has 0 aliphatic heterocycles. The molecule has 0 saturated heterocycles. The molecule has 3 heteroatoms. The van der Waals surface area contributed by atoms with Crippen LogP contribution in [0.4, 0.5) is 0 Å². The summed E-state index contributed by atoms with van der Waals surface area (Å²) in [6, 6.07) is 51.7. The van der Waals surface area contributed by atoms with Crippen molar-refractivity contribution < 1.29 is 0 Å². The predicted molar refractivity (Wildman–Crippen MR) is 195 cm³/mol. The number of aryl methyl sites for hydroxylation is 1. The summed E-state index contributed by atoms with van der Waals surface area (Å²) in [6.45, 7) is 2.13. The van der Waals surface area contributed by atoms with E-state index in [1.54, 1.807) is 6.20 Å². The van der Waals surface area contributed by atoms with Crippen LogP contribution in [-0.2, 0) is 0 Å². The largest absolute Gasteiger partial charge is 0.264 e. The topological polar surface area (TPSA) is 38.7 Å². The molecule has 3 nitrogen and oxygen atoms in total. The maximum atomic E-state index is 5.19. The van der Waals surface area contributed by atoms with E-state index < -0.39 is 0 Å². The summed E-state index contributed by atoms with van der Waals surface area (Å²) in [7, 11) is 0. The first-order valence-corrected chi connectivity index (χ1v) is 15.9. The van der Waals surface area contributed by atoms with E-state index in [9.17, 15) is 0 Å². The number of aromatic nitrogens is 3. The zero-order chi connectivity index (χ0) is 31.3. The summed E-state index contributed by atoms with van der Waals surface area (Å²) < 4.78 is 0. The lowest BCUT2D eigenvalue weighted by Gasteiger charge is -2.15. The zero-order valence-electron chi connectivity index (χ0n) is 25.9. The molecule has 2 aromatic heterocycles. The van der Waals surface area contributed by atoms with Crippen LogP contribution in [0.2, 0.25) is 0 Å². The Balaban J connectivity index is 1.19. The Morgan fingerprint density at radius 3 is 1.85 bits per heavy atom. The standard InChI is InChI=1S/C44H29N3/c1-28-8-2-3-12-35(28)41-26-40(46-44(47-41)39-14-5-4-13-36(39)34-11-7-25-45-27-34)30-17-15-29(16-18-30)37-23-21-33-20-19-31-9-6-10-32-22-24-38(37)43(33)42(31)32/h2-27H,1H3. The SMILES string of the molecule is Cc1ccccc1-c1cc(-c2ccc(-c3ccc4ccc5cccc6ccc3c4c56)cc2)nc(-c2ccccc2-c2cccnc2)n1. The van der Waals surface area contributed by atoms with Crippen LogP contribution >= 0.6 is 0 Å². The minimum atomic E-state index is 0.691. The fourth-order valence-electron chi connectivity index (χ4n) is 6.97. The fraction of sp³-hybridized carbons (Fsp3) is 0.0227. The van der Waals surface area contributed by atoms with Crippen LogP contribution in [0, 0.1) is 6.92 Å². The lowest BCUT2D eigenvalue weighted by Crippen LogP contribution is -1.98. The van der Waals surface area contributed by atoms with Gasteiger partial charge in [-0.1, -0.05) is 133 Å². The third kappa shape index (κ3) is 4.63. The molecule has 0 atom stereocenters. The van der Waals surface area contributed by atoms with E-state index in [4.69, 9.17) is 9.97 Å². The van der Waals surface area contributed by atoms with Gasteiger partial charge in [-0.3, -0.25) is 4.98 Å². The fourth-order valence-corrected chi connectivity index (χ4v) is 6.97. The summed E-state index contributed by atoms with van der Waals surface area (Å²) in [5, 5.41) is 7.78. The lowest BCUT2D eigenvalue weighted by molar-refractivity contribution is 1.18. The van der Waals surface area contributed by atoms with Crippen molar-refractivity contribution in [2.75, 3.05) is 0 Å². The van der Waals surface area contributed by atoms with E-state index in [0.29, 0.717) is 5.82 Å². The monoisotopic (exact) mass is 599 g/mol. The Hall–Kier alpha value is -6.19. The molecule has 0 radical (unpaired) electrons. The van der Waals surface area contributed by atoms with E-state index in [1.807, 2.05) is 18.3 Å². The molecule has 0 spiro atoms. The highest BCUT2D eigenvalue weighted by Gasteiger charge is 2.16. The normalized spacial score (nSPS) is 11.5. The molecular formula is C44H29N3. The zero-order valence-corrected chi connectivity index (χ0v) is 25.9. The van der Waals surface area contributed by atoms with Crippen LogP contribution in [0.15, 0.2) is 158 Å². The molecule has 0 unspecified atom stereocenters. The van der Waals surface area contributed by atoms with E-state index in [1.165, 1.54) is 49.0 Å². The molecule has 7 aromatic carbocycles. The smallest absolute Gasteiger partial charge is 0.161 e. The first-order valence-electron chi connectivity index (χ1n) is 15.9. The Morgan fingerprint density at radius 1 is 0.426 bits per heavy atom. The van der Waals surface area contributed by atoms with E-state index in [-0.39, 0.29) is 0 Å². The Labute approximate surface area is 273 Å². The maximum absolute atomic E-state index is 5.19. The second-order valence-electron chi connectivity index (χ2n) is 12.1. The molecule has 9 aromatic rings. The third-order valence-electron chi connectivity index (χ3n) is 9.31. The minimum Gasteiger partial charge on any atom is -0.264 e. The minimum absolute atomic E-state index is 0.691. The number of rotatable bonds is 5. The van der Waals surface area contributed by atoms with Crippen molar-refractivity contribution in [3.05, 3.63) is 164 Å². The van der Waals surface area contributed by atoms with Gasteiger partial charge in [0.1, 0.15) is 0 Å². The number of nitrogens with zero attached hydrogens (tertiary/aromatic N) is 3. The van der Waals surface area contributed by atoms with Crippen molar-refractivity contribution in [3.63, 3.8) is 0 Å². The van der Waals surface area contributed by atoms with Gasteiger partial charge in [0.25, 0.3) is 0 Å². The van der Waals surface area contributed by atoms with Gasteiger partial charge in [-0.05, 0) is 73.6 Å². The predicted octanol–water partition coefficient (Wildman–Crippen LogP) is 11.4. The van der Waals surface area contributed by atoms with Crippen molar-refractivity contribution in [1.82, 2.24) is 15.0 Å². The summed E-state index contributed by atoms with van der Waals surface area (Å²) in [5.74, 6) is 0.691. The molecule has 0 amide bonds. The summed E-state index contributed by atoms with van der Waals surface area (Å²) in [5.41, 5.74) is 10.6. The molecule has 47 heavy (non-hydrogen) atoms. The van der Waals surface area contributed by atoms with Gasteiger partial charge in [0.05, 0.1) is 11.4 Å².